The van der Waals surface area contributed by atoms with E-state index in [0.29, 0.717) is 62.5 Å². The van der Waals surface area contributed by atoms with Crippen LogP contribution >= 0.6 is 70.2 Å². The Morgan fingerprint density at radius 1 is 0.518 bits per heavy atom. The number of ether oxygens (including phenoxy) is 2. The lowest BCUT2D eigenvalue weighted by Gasteiger charge is -2.19. The van der Waals surface area contributed by atoms with E-state index >= 15 is 0 Å². The van der Waals surface area contributed by atoms with Crippen molar-refractivity contribution in [3.63, 3.8) is 0 Å². The highest BCUT2D eigenvalue weighted by Crippen LogP contribution is 2.29. The summed E-state index contributed by atoms with van der Waals surface area (Å²) in [6, 6.07) is 32.9. The minimum Gasteiger partial charge on any atom is -0.444 e. The molecule has 448 valence electrons. The standard InChI is InChI=1S/C17H12Cl2N2O3S.C15H18N2O4S.C15H16N2O4S.C10H10N2O2S.CH4/c18-11-6-10(7-12(19)8-11)15(22)20-13-3-1-9(2-4-13)5-14-16(23)21-17(24)25-14;2*1-15(2,3)21-13(19)16-10-6-4-9(5-7-10)8-11-12(18)17-14(20)22-11;11-7-3-1-6(2-4-7)5-8-9(13)12-10(14)15-8;/h1-4,6-8,14H,5H2,(H,20,22)(H,21,23,24);4-7,11H,8H2,1-3H3,(H,16,19)(H,17,18,20);4-8H,1-3H3,(H,16,19)(H,17,18,20);1-4,8H,5,11H2,(H,12,13,14);1H4/b;;11-8-;;. The largest absolute Gasteiger partial charge is 0.444 e. The quantitative estimate of drug-likeness (QED) is 0.0450. The molecule has 9 rings (SSSR count). The monoisotopic (exact) mass is 1270 g/mol. The maximum Gasteiger partial charge on any atom is 0.412 e. The zero-order valence-corrected chi connectivity index (χ0v) is 50.5. The summed E-state index contributed by atoms with van der Waals surface area (Å²) in [5, 5.41) is 15.4. The molecule has 0 spiro atoms. The van der Waals surface area contributed by atoms with Crippen LogP contribution < -0.4 is 43.0 Å². The van der Waals surface area contributed by atoms with E-state index in [0.717, 1.165) is 69.3 Å². The van der Waals surface area contributed by atoms with Gasteiger partial charge >= 0.3 is 12.2 Å². The van der Waals surface area contributed by atoms with Crippen LogP contribution in [0.15, 0.2) is 120 Å². The van der Waals surface area contributed by atoms with Crippen molar-refractivity contribution in [1.82, 2.24) is 21.3 Å². The molecule has 4 aliphatic heterocycles. The van der Waals surface area contributed by atoms with E-state index in [-0.39, 0.29) is 57.3 Å². The summed E-state index contributed by atoms with van der Waals surface area (Å²) < 4.78 is 10.3. The van der Waals surface area contributed by atoms with Crippen molar-refractivity contribution >= 4 is 162 Å². The van der Waals surface area contributed by atoms with Crippen LogP contribution in [0.3, 0.4) is 0 Å². The molecule has 4 heterocycles. The smallest absolute Gasteiger partial charge is 0.412 e. The van der Waals surface area contributed by atoms with Crippen molar-refractivity contribution in [3.8, 4) is 0 Å². The van der Waals surface area contributed by atoms with Gasteiger partial charge in [-0.25, -0.2) is 9.59 Å². The van der Waals surface area contributed by atoms with Crippen LogP contribution in [0.25, 0.3) is 6.08 Å². The highest BCUT2D eigenvalue weighted by molar-refractivity contribution is 8.18. The number of anilines is 4. The van der Waals surface area contributed by atoms with Gasteiger partial charge in [0.1, 0.15) is 11.2 Å². The lowest BCUT2D eigenvalue weighted by Crippen LogP contribution is -2.27. The molecule has 0 bridgehead atoms. The van der Waals surface area contributed by atoms with Crippen LogP contribution in [0.1, 0.15) is 81.6 Å². The highest BCUT2D eigenvalue weighted by Gasteiger charge is 2.34. The Bertz CT molecular complexity index is 3360. The predicted molar refractivity (Wildman–Crippen MR) is 336 cm³/mol. The Morgan fingerprint density at radius 2 is 0.871 bits per heavy atom. The highest BCUT2D eigenvalue weighted by atomic mass is 35.5. The van der Waals surface area contributed by atoms with Crippen LogP contribution in [-0.4, -0.2) is 89.6 Å². The Morgan fingerprint density at radius 3 is 1.20 bits per heavy atom. The maximum absolute atomic E-state index is 12.2. The fourth-order valence-electron chi connectivity index (χ4n) is 7.29. The summed E-state index contributed by atoms with van der Waals surface area (Å²) in [4.78, 5) is 126. The predicted octanol–water partition coefficient (Wildman–Crippen LogP) is 12.2. The summed E-state index contributed by atoms with van der Waals surface area (Å²) in [7, 11) is 0. The van der Waals surface area contributed by atoms with Gasteiger partial charge in [0.2, 0.25) is 17.7 Å². The van der Waals surface area contributed by atoms with E-state index in [1.807, 2.05) is 24.3 Å². The SMILES string of the molecule is C.CC(C)(C)OC(=O)Nc1ccc(/C=C2\SC(=O)NC2=O)cc1.CC(C)(C)OC(=O)Nc1ccc(CC2SC(=O)NC2=O)cc1.Nc1ccc(CC2SC(=O)NC2=O)cc1.O=C1NC(=O)C(Cc2ccc(NC(=O)c3cc(Cl)cc(Cl)c3)cc2)S1. The number of benzene rings is 5. The number of carbonyl (C=O) groups is 11. The molecule has 0 radical (unpaired) electrons. The topological polar surface area (TPSA) is 316 Å². The van der Waals surface area contributed by atoms with Gasteiger partial charge in [0.05, 0.1) is 20.7 Å². The first kappa shape index (κ1) is 68.0. The van der Waals surface area contributed by atoms with Crippen molar-refractivity contribution in [1.29, 1.82) is 0 Å². The number of carbonyl (C=O) groups excluding carboxylic acids is 11. The third kappa shape index (κ3) is 23.3. The number of imide groups is 4. The molecule has 4 saturated heterocycles. The summed E-state index contributed by atoms with van der Waals surface area (Å²) in [5.74, 6) is -1.46. The fourth-order valence-corrected chi connectivity index (χ4v) is 11.1. The van der Waals surface area contributed by atoms with Gasteiger partial charge in [-0.3, -0.25) is 75.1 Å². The third-order valence-corrected chi connectivity index (χ3v) is 15.2. The van der Waals surface area contributed by atoms with Gasteiger partial charge in [0.15, 0.2) is 0 Å². The second-order valence-electron chi connectivity index (χ2n) is 20.2. The van der Waals surface area contributed by atoms with Crippen molar-refractivity contribution in [2.75, 3.05) is 21.7 Å². The molecule has 11 amide bonds. The summed E-state index contributed by atoms with van der Waals surface area (Å²) >= 11 is 15.7. The Labute approximate surface area is 516 Å². The van der Waals surface area contributed by atoms with Crippen LogP contribution in [0.4, 0.5) is 51.5 Å². The zero-order chi connectivity index (χ0) is 61.5. The van der Waals surface area contributed by atoms with Crippen LogP contribution in [-0.2, 0) is 47.9 Å². The maximum atomic E-state index is 12.2. The van der Waals surface area contributed by atoms with Gasteiger partial charge in [0, 0.05) is 38.4 Å². The van der Waals surface area contributed by atoms with Crippen molar-refractivity contribution in [3.05, 3.63) is 158 Å². The van der Waals surface area contributed by atoms with E-state index in [4.69, 9.17) is 38.4 Å². The first-order chi connectivity index (χ1) is 39.5. The number of rotatable bonds is 11. The first-order valence-electron chi connectivity index (χ1n) is 25.2. The Hall–Kier alpha value is -7.81. The third-order valence-electron chi connectivity index (χ3n) is 11.0. The van der Waals surface area contributed by atoms with Gasteiger partial charge in [0.25, 0.3) is 32.8 Å². The zero-order valence-electron chi connectivity index (χ0n) is 45.7. The molecular formula is C58H60Cl2N8O13S4. The minimum atomic E-state index is -0.561. The normalized spacial score (nSPS) is 17.5. The second kappa shape index (κ2) is 30.8. The molecule has 0 saturated carbocycles. The lowest BCUT2D eigenvalue weighted by molar-refractivity contribution is -0.119. The molecule has 3 unspecified atom stereocenters. The molecule has 3 atom stereocenters. The number of amides is 11. The second-order valence-corrected chi connectivity index (χ2v) is 25.7. The molecule has 4 aliphatic rings. The number of thioether (sulfide) groups is 4. The number of hydrogen-bond donors (Lipinski definition) is 8. The van der Waals surface area contributed by atoms with Gasteiger partial charge in [-0.15, -0.1) is 0 Å². The average molecular weight is 1280 g/mol. The summed E-state index contributed by atoms with van der Waals surface area (Å²) in [6.07, 6.45) is 2.03. The van der Waals surface area contributed by atoms with Gasteiger partial charge < -0.3 is 20.5 Å². The summed E-state index contributed by atoms with van der Waals surface area (Å²) in [5.41, 5.74) is 10.8. The number of nitrogens with one attached hydrogen (secondary N) is 7. The van der Waals surface area contributed by atoms with Crippen LogP contribution in [0, 0.1) is 0 Å². The Balaban J connectivity index is 0.000000209. The molecule has 4 fully saturated rings. The molecule has 27 heteroatoms. The average Bonchev–Trinajstić information content (AvgIpc) is 4.33. The van der Waals surface area contributed by atoms with E-state index in [2.05, 4.69) is 37.2 Å². The number of nitrogens with two attached hydrogens (primary N) is 1. The number of halogens is 2. The molecule has 5 aromatic rings. The fraction of sp³-hybridized carbons (Fsp3) is 0.259. The molecular weight excluding hydrogens is 1220 g/mol. The van der Waals surface area contributed by atoms with Crippen molar-refractivity contribution in [2.45, 2.75) is 95.2 Å². The molecule has 0 aromatic heterocycles. The molecule has 21 nitrogen and oxygen atoms in total. The first-order valence-corrected chi connectivity index (χ1v) is 29.4. The van der Waals surface area contributed by atoms with E-state index in [1.54, 1.807) is 126 Å². The summed E-state index contributed by atoms with van der Waals surface area (Å²) in [6.45, 7) is 10.7. The molecule has 0 aliphatic carbocycles. The number of nitrogen functional groups attached to an aromatic ring is 1. The van der Waals surface area contributed by atoms with Crippen LogP contribution in [0.5, 0.6) is 0 Å². The number of hydrogen-bond acceptors (Lipinski definition) is 18. The lowest BCUT2D eigenvalue weighted by atomic mass is 10.1. The van der Waals surface area contributed by atoms with Gasteiger partial charge in [-0.2, -0.15) is 0 Å². The van der Waals surface area contributed by atoms with Crippen molar-refractivity contribution < 1.29 is 62.2 Å². The van der Waals surface area contributed by atoms with E-state index in [9.17, 15) is 52.7 Å². The van der Waals surface area contributed by atoms with E-state index < -0.39 is 39.8 Å². The Kier molecular flexibility index (Phi) is 24.7. The van der Waals surface area contributed by atoms with Gasteiger partial charge in [-0.1, -0.05) is 114 Å². The molecule has 85 heavy (non-hydrogen) atoms. The minimum absolute atomic E-state index is 0. The van der Waals surface area contributed by atoms with Gasteiger partial charge in [-0.05, 0) is 168 Å². The van der Waals surface area contributed by atoms with Crippen LogP contribution in [0.2, 0.25) is 10.0 Å². The van der Waals surface area contributed by atoms with Crippen molar-refractivity contribution in [2.24, 2.45) is 0 Å². The molecule has 9 N–H and O–H groups in total. The van der Waals surface area contributed by atoms with E-state index in [1.165, 1.54) is 12.1 Å². The molecule has 5 aromatic carbocycles.